The van der Waals surface area contributed by atoms with E-state index < -0.39 is 5.60 Å². The maximum atomic E-state index is 12.4. The molecule has 0 radical (unpaired) electrons. The van der Waals surface area contributed by atoms with E-state index in [0.717, 1.165) is 43.2 Å². The van der Waals surface area contributed by atoms with Crippen molar-refractivity contribution in [2.24, 2.45) is 17.3 Å². The zero-order valence-corrected chi connectivity index (χ0v) is 14.7. The summed E-state index contributed by atoms with van der Waals surface area (Å²) in [5.74, 6) is 0.567. The van der Waals surface area contributed by atoms with Crippen LogP contribution >= 0.6 is 0 Å². The number of rotatable bonds is 2. The van der Waals surface area contributed by atoms with Gasteiger partial charge in [-0.1, -0.05) is 13.0 Å². The molecule has 0 aromatic carbocycles. The van der Waals surface area contributed by atoms with E-state index in [1.165, 1.54) is 7.11 Å². The van der Waals surface area contributed by atoms with E-state index in [0.29, 0.717) is 11.8 Å². The maximum absolute atomic E-state index is 12.4. The van der Waals surface area contributed by atoms with Gasteiger partial charge in [0.2, 0.25) is 0 Å². The lowest BCUT2D eigenvalue weighted by Gasteiger charge is -2.50. The summed E-state index contributed by atoms with van der Waals surface area (Å²) < 4.78 is 23.3. The van der Waals surface area contributed by atoms with Gasteiger partial charge in [-0.2, -0.15) is 0 Å². The molecule has 0 amide bonds. The molecule has 6 atom stereocenters. The monoisotopic (exact) mass is 344 g/mol. The molecule has 2 saturated heterocycles. The van der Waals surface area contributed by atoms with Gasteiger partial charge in [-0.3, -0.25) is 0 Å². The van der Waals surface area contributed by atoms with Crippen molar-refractivity contribution < 1.29 is 23.4 Å². The molecule has 5 heteroatoms. The van der Waals surface area contributed by atoms with Crippen LogP contribution in [0.4, 0.5) is 0 Å². The molecule has 1 aromatic heterocycles. The molecule has 5 rings (SSSR count). The van der Waals surface area contributed by atoms with Crippen LogP contribution in [0.5, 0.6) is 0 Å². The van der Waals surface area contributed by atoms with E-state index in [2.05, 4.69) is 6.92 Å². The molecule has 1 aromatic rings. The number of esters is 1. The Morgan fingerprint density at radius 3 is 3.00 bits per heavy atom. The van der Waals surface area contributed by atoms with E-state index in [1.54, 1.807) is 12.5 Å². The highest BCUT2D eigenvalue weighted by Crippen LogP contribution is 2.71. The van der Waals surface area contributed by atoms with Gasteiger partial charge < -0.3 is 18.6 Å². The second-order valence-corrected chi connectivity index (χ2v) is 8.02. The molecule has 1 spiro atoms. The lowest BCUT2D eigenvalue weighted by molar-refractivity contribution is -0.175. The van der Waals surface area contributed by atoms with Crippen molar-refractivity contribution in [1.82, 2.24) is 0 Å². The molecule has 4 aliphatic rings. The smallest absolute Gasteiger partial charge is 0.336 e. The molecule has 3 heterocycles. The maximum Gasteiger partial charge on any atom is 0.336 e. The van der Waals surface area contributed by atoms with Gasteiger partial charge in [0.05, 0.1) is 31.3 Å². The zero-order valence-electron chi connectivity index (χ0n) is 14.7. The molecule has 2 aliphatic heterocycles. The Labute approximate surface area is 147 Å². The molecule has 2 bridgehead atoms. The minimum Gasteiger partial charge on any atom is -0.472 e. The van der Waals surface area contributed by atoms with E-state index in [9.17, 15) is 4.79 Å². The fraction of sp³-hybridized carbons (Fsp3) is 0.650. The molecule has 0 N–H and O–H groups in total. The van der Waals surface area contributed by atoms with Crippen LogP contribution in [0.3, 0.4) is 0 Å². The van der Waals surface area contributed by atoms with Crippen LogP contribution in [0.1, 0.15) is 50.7 Å². The Balaban J connectivity index is 1.57. The van der Waals surface area contributed by atoms with Crippen molar-refractivity contribution in [2.75, 3.05) is 7.11 Å². The number of methoxy groups -OCH3 is 1. The molecule has 3 fully saturated rings. The van der Waals surface area contributed by atoms with Crippen LogP contribution in [0.15, 0.2) is 34.7 Å². The fourth-order valence-electron chi connectivity index (χ4n) is 6.08. The molecule has 5 nitrogen and oxygen atoms in total. The average molecular weight is 344 g/mol. The topological polar surface area (TPSA) is 57.9 Å². The summed E-state index contributed by atoms with van der Waals surface area (Å²) in [7, 11) is 1.45. The van der Waals surface area contributed by atoms with E-state index in [1.807, 2.05) is 12.1 Å². The van der Waals surface area contributed by atoms with Crippen LogP contribution in [-0.2, 0) is 19.0 Å². The van der Waals surface area contributed by atoms with Crippen LogP contribution < -0.4 is 0 Å². The first-order chi connectivity index (χ1) is 12.1. The summed E-state index contributed by atoms with van der Waals surface area (Å²) in [6.07, 6.45) is 10.0. The van der Waals surface area contributed by atoms with Gasteiger partial charge >= 0.3 is 5.97 Å². The molecule has 134 valence electrons. The predicted octanol–water partition coefficient (Wildman–Crippen LogP) is 3.76. The Hall–Kier alpha value is -1.59. The minimum atomic E-state index is -0.524. The van der Waals surface area contributed by atoms with Crippen LogP contribution in [-0.4, -0.2) is 25.0 Å². The standard InChI is InChI=1S/C20H24O5/c1-12-6-8-20-14(17(21)22-2)4-3-5-16(20)19(12)10-15(24-18(19)25-20)13-7-9-23-11-13/h4,7,9,11-12,15-16,18H,3,5-6,8,10H2,1-2H3/t12-,15+,16-,18-,19-,20?/m1/s1. The van der Waals surface area contributed by atoms with Gasteiger partial charge in [-0.25, -0.2) is 4.79 Å². The molecule has 1 unspecified atom stereocenters. The number of hydrogen-bond acceptors (Lipinski definition) is 5. The highest BCUT2D eigenvalue weighted by molar-refractivity contribution is 5.91. The zero-order chi connectivity index (χ0) is 17.2. The Morgan fingerprint density at radius 1 is 1.36 bits per heavy atom. The SMILES string of the molecule is COC(=O)C1=CCC[C@H]2C13CC[C@@H](C)[C@]21C[C@@H](c2ccoc2)O[C@@H]1O3. The minimum absolute atomic E-state index is 0.00906. The number of allylic oxidation sites excluding steroid dienone is 1. The van der Waals surface area contributed by atoms with Gasteiger partial charge in [-0.05, 0) is 44.1 Å². The van der Waals surface area contributed by atoms with E-state index in [4.69, 9.17) is 18.6 Å². The Morgan fingerprint density at radius 2 is 2.24 bits per heavy atom. The van der Waals surface area contributed by atoms with Crippen molar-refractivity contribution in [2.45, 2.75) is 57.0 Å². The van der Waals surface area contributed by atoms with Crippen LogP contribution in [0.25, 0.3) is 0 Å². The lowest BCUT2D eigenvalue weighted by Crippen LogP contribution is -2.52. The lowest BCUT2D eigenvalue weighted by atomic mass is 9.52. The molecule has 2 aliphatic carbocycles. The summed E-state index contributed by atoms with van der Waals surface area (Å²) >= 11 is 0. The van der Waals surface area contributed by atoms with Crippen molar-refractivity contribution in [3.8, 4) is 0 Å². The van der Waals surface area contributed by atoms with Gasteiger partial charge in [0.25, 0.3) is 0 Å². The first kappa shape index (κ1) is 15.6. The third-order valence-corrected chi connectivity index (χ3v) is 7.24. The predicted molar refractivity (Wildman–Crippen MR) is 88.4 cm³/mol. The number of carbonyl (C=O) groups excluding carboxylic acids is 1. The van der Waals surface area contributed by atoms with Gasteiger partial charge in [0, 0.05) is 16.9 Å². The summed E-state index contributed by atoms with van der Waals surface area (Å²) in [6.45, 7) is 2.32. The second kappa shape index (κ2) is 5.21. The van der Waals surface area contributed by atoms with Crippen molar-refractivity contribution in [1.29, 1.82) is 0 Å². The summed E-state index contributed by atoms with van der Waals surface area (Å²) in [4.78, 5) is 12.4. The molecular weight excluding hydrogens is 320 g/mol. The quantitative estimate of drug-likeness (QED) is 0.765. The number of carbonyl (C=O) groups is 1. The number of furan rings is 1. The van der Waals surface area contributed by atoms with Crippen LogP contribution in [0.2, 0.25) is 0 Å². The molecule has 25 heavy (non-hydrogen) atoms. The second-order valence-electron chi connectivity index (χ2n) is 8.02. The number of ether oxygens (including phenoxy) is 3. The molecular formula is C20H24O5. The van der Waals surface area contributed by atoms with Gasteiger partial charge in [0.15, 0.2) is 6.29 Å². The molecule has 1 saturated carbocycles. The van der Waals surface area contributed by atoms with Crippen molar-refractivity contribution in [3.63, 3.8) is 0 Å². The van der Waals surface area contributed by atoms with Crippen LogP contribution in [0, 0.1) is 17.3 Å². The highest BCUT2D eigenvalue weighted by atomic mass is 16.7. The highest BCUT2D eigenvalue weighted by Gasteiger charge is 2.73. The van der Waals surface area contributed by atoms with Gasteiger partial charge in [0.1, 0.15) is 5.60 Å². The van der Waals surface area contributed by atoms with E-state index >= 15 is 0 Å². The fourth-order valence-corrected chi connectivity index (χ4v) is 6.08. The van der Waals surface area contributed by atoms with Crippen molar-refractivity contribution >= 4 is 5.97 Å². The third-order valence-electron chi connectivity index (χ3n) is 7.24. The van der Waals surface area contributed by atoms with Gasteiger partial charge in [-0.15, -0.1) is 0 Å². The summed E-state index contributed by atoms with van der Waals surface area (Å²) in [5.41, 5.74) is 1.24. The number of hydrogen-bond donors (Lipinski definition) is 0. The van der Waals surface area contributed by atoms with Crippen molar-refractivity contribution in [3.05, 3.63) is 35.8 Å². The Kier molecular flexibility index (Phi) is 3.26. The normalized spacial score (nSPS) is 44.8. The largest absolute Gasteiger partial charge is 0.472 e. The van der Waals surface area contributed by atoms with E-state index in [-0.39, 0.29) is 23.8 Å². The first-order valence-electron chi connectivity index (χ1n) is 9.26. The third kappa shape index (κ3) is 1.83. The average Bonchev–Trinajstić information content (AvgIpc) is 3.30. The first-order valence-corrected chi connectivity index (χ1v) is 9.26. The summed E-state index contributed by atoms with van der Waals surface area (Å²) in [6, 6.07) is 1.98. The Bertz CT molecular complexity index is 722. The summed E-state index contributed by atoms with van der Waals surface area (Å²) in [5, 5.41) is 0.